The molecule has 0 saturated carbocycles. The molecule has 126 valence electrons. The van der Waals surface area contributed by atoms with E-state index in [4.69, 9.17) is 9.57 Å². The number of para-hydroxylation sites is 1. The van der Waals surface area contributed by atoms with Gasteiger partial charge in [-0.05, 0) is 37.8 Å². The minimum atomic E-state index is -0.126. The highest BCUT2D eigenvalue weighted by Crippen LogP contribution is 2.27. The van der Waals surface area contributed by atoms with E-state index in [-0.39, 0.29) is 11.9 Å². The zero-order valence-corrected chi connectivity index (χ0v) is 13.8. The summed E-state index contributed by atoms with van der Waals surface area (Å²) in [6.45, 7) is 2.77. The molecule has 1 heterocycles. The van der Waals surface area contributed by atoms with E-state index < -0.39 is 0 Å². The Morgan fingerprint density at radius 1 is 1.13 bits per heavy atom. The Morgan fingerprint density at radius 2 is 1.91 bits per heavy atom. The molecule has 2 rings (SSSR count). The molecular weight excluding hydrogens is 294 g/mol. The molecule has 23 heavy (non-hydrogen) atoms. The number of carbonyl (C=O) groups excluding carboxylic acids is 2. The number of carbonyl (C=O) groups is 2. The lowest BCUT2D eigenvalue weighted by molar-refractivity contribution is -0.143. The van der Waals surface area contributed by atoms with Crippen molar-refractivity contribution in [2.75, 3.05) is 18.3 Å². The van der Waals surface area contributed by atoms with Crippen LogP contribution in [0.15, 0.2) is 24.3 Å². The van der Waals surface area contributed by atoms with Crippen LogP contribution in [0.25, 0.3) is 0 Å². The third-order valence-corrected chi connectivity index (χ3v) is 3.85. The average Bonchev–Trinajstić information content (AvgIpc) is 2.56. The Labute approximate surface area is 137 Å². The molecule has 1 aliphatic rings. The van der Waals surface area contributed by atoms with E-state index in [1.54, 1.807) is 0 Å². The Kier molecular flexibility index (Phi) is 7.07. The van der Waals surface area contributed by atoms with E-state index in [9.17, 15) is 9.59 Å². The number of aryl methyl sites for hydroxylation is 1. The van der Waals surface area contributed by atoms with E-state index in [1.807, 2.05) is 31.2 Å². The molecule has 0 aliphatic carbocycles. The first kappa shape index (κ1) is 17.5. The molecule has 0 fully saturated rings. The first-order chi connectivity index (χ1) is 11.2. The molecule has 0 spiro atoms. The first-order valence-corrected chi connectivity index (χ1v) is 8.41. The van der Waals surface area contributed by atoms with Gasteiger partial charge in [0.15, 0.2) is 0 Å². The molecule has 0 unspecified atom stereocenters. The number of amides is 1. The normalized spacial score (nSPS) is 13.8. The molecule has 5 nitrogen and oxygen atoms in total. The number of hydrogen-bond donors (Lipinski definition) is 0. The summed E-state index contributed by atoms with van der Waals surface area (Å²) in [6, 6.07) is 7.86. The maximum atomic E-state index is 12.0. The lowest BCUT2D eigenvalue weighted by Gasteiger charge is -2.28. The standard InChI is InChI=1S/C18H25NO4/c1-2-22-18(21)11-5-3-4-8-14-23-19-16-10-7-6-9-15(16)12-13-17(19)20/h6-7,9-10H,2-5,8,11-14H2,1H3. The molecule has 0 aromatic heterocycles. The van der Waals surface area contributed by atoms with Crippen LogP contribution < -0.4 is 5.06 Å². The van der Waals surface area contributed by atoms with E-state index in [0.29, 0.717) is 26.1 Å². The molecule has 1 aromatic rings. The highest BCUT2D eigenvalue weighted by molar-refractivity contribution is 5.94. The molecule has 1 aromatic carbocycles. The fourth-order valence-electron chi connectivity index (χ4n) is 2.65. The van der Waals surface area contributed by atoms with Gasteiger partial charge < -0.3 is 4.74 Å². The van der Waals surface area contributed by atoms with Gasteiger partial charge in [0.2, 0.25) is 0 Å². The van der Waals surface area contributed by atoms with Crippen LogP contribution in [0, 0.1) is 0 Å². The Hall–Kier alpha value is -1.88. The van der Waals surface area contributed by atoms with Gasteiger partial charge in [-0.15, -0.1) is 0 Å². The second kappa shape index (κ2) is 9.30. The SMILES string of the molecule is CCOC(=O)CCCCCCON1C(=O)CCc2ccccc21. The highest BCUT2D eigenvalue weighted by atomic mass is 16.7. The van der Waals surface area contributed by atoms with Gasteiger partial charge in [-0.3, -0.25) is 14.4 Å². The molecule has 0 bridgehead atoms. The number of unbranched alkanes of at least 4 members (excludes halogenated alkanes) is 3. The number of hydroxylamine groups is 1. The maximum Gasteiger partial charge on any atom is 0.305 e. The Balaban J connectivity index is 1.65. The van der Waals surface area contributed by atoms with Crippen molar-refractivity contribution >= 4 is 17.6 Å². The summed E-state index contributed by atoms with van der Waals surface area (Å²) in [6.07, 6.45) is 5.40. The van der Waals surface area contributed by atoms with Gasteiger partial charge in [-0.25, -0.2) is 0 Å². The van der Waals surface area contributed by atoms with Crippen LogP contribution in [0.5, 0.6) is 0 Å². The van der Waals surface area contributed by atoms with E-state index in [0.717, 1.165) is 43.4 Å². The summed E-state index contributed by atoms with van der Waals surface area (Å²) in [5.74, 6) is -0.106. The van der Waals surface area contributed by atoms with Gasteiger partial charge in [0, 0.05) is 12.8 Å². The molecule has 0 saturated heterocycles. The van der Waals surface area contributed by atoms with Crippen LogP contribution >= 0.6 is 0 Å². The number of hydrogen-bond acceptors (Lipinski definition) is 4. The highest BCUT2D eigenvalue weighted by Gasteiger charge is 2.24. The molecule has 0 radical (unpaired) electrons. The van der Waals surface area contributed by atoms with Crippen molar-refractivity contribution in [2.45, 2.75) is 51.9 Å². The monoisotopic (exact) mass is 319 g/mol. The van der Waals surface area contributed by atoms with E-state index in [1.165, 1.54) is 5.06 Å². The zero-order valence-electron chi connectivity index (χ0n) is 13.8. The molecule has 0 atom stereocenters. The van der Waals surface area contributed by atoms with Crippen molar-refractivity contribution in [1.29, 1.82) is 0 Å². The summed E-state index contributed by atoms with van der Waals surface area (Å²) in [7, 11) is 0. The third kappa shape index (κ3) is 5.36. The van der Waals surface area contributed by atoms with Gasteiger partial charge in [-0.1, -0.05) is 31.0 Å². The Bertz CT molecular complexity index is 530. The number of nitrogens with zero attached hydrogens (tertiary/aromatic N) is 1. The first-order valence-electron chi connectivity index (χ1n) is 8.41. The molecule has 1 aliphatic heterocycles. The van der Waals surface area contributed by atoms with Crippen molar-refractivity contribution in [3.63, 3.8) is 0 Å². The number of benzene rings is 1. The topological polar surface area (TPSA) is 55.8 Å². The van der Waals surface area contributed by atoms with Gasteiger partial charge in [0.1, 0.15) is 0 Å². The Morgan fingerprint density at radius 3 is 2.74 bits per heavy atom. The molecular formula is C18H25NO4. The number of esters is 1. The van der Waals surface area contributed by atoms with Crippen LogP contribution in [0.4, 0.5) is 5.69 Å². The largest absolute Gasteiger partial charge is 0.466 e. The average molecular weight is 319 g/mol. The van der Waals surface area contributed by atoms with Crippen molar-refractivity contribution in [1.82, 2.24) is 0 Å². The van der Waals surface area contributed by atoms with Crippen LogP contribution in [-0.4, -0.2) is 25.1 Å². The predicted octanol–water partition coefficient (Wildman–Crippen LogP) is 3.41. The predicted molar refractivity (Wildman–Crippen MR) is 87.9 cm³/mol. The smallest absolute Gasteiger partial charge is 0.305 e. The number of ether oxygens (including phenoxy) is 1. The summed E-state index contributed by atoms with van der Waals surface area (Å²) >= 11 is 0. The van der Waals surface area contributed by atoms with E-state index in [2.05, 4.69) is 0 Å². The van der Waals surface area contributed by atoms with Crippen LogP contribution in [0.1, 0.15) is 51.0 Å². The summed E-state index contributed by atoms with van der Waals surface area (Å²) in [4.78, 5) is 28.9. The lowest BCUT2D eigenvalue weighted by Crippen LogP contribution is -2.35. The summed E-state index contributed by atoms with van der Waals surface area (Å²) in [5, 5.41) is 1.44. The van der Waals surface area contributed by atoms with Gasteiger partial charge in [0.05, 0.1) is 18.9 Å². The molecule has 5 heteroatoms. The van der Waals surface area contributed by atoms with Crippen molar-refractivity contribution in [3.8, 4) is 0 Å². The van der Waals surface area contributed by atoms with Crippen LogP contribution in [-0.2, 0) is 25.6 Å². The second-order valence-electron chi connectivity index (χ2n) is 5.62. The fourth-order valence-corrected chi connectivity index (χ4v) is 2.65. The second-order valence-corrected chi connectivity index (χ2v) is 5.62. The fraction of sp³-hybridized carbons (Fsp3) is 0.556. The van der Waals surface area contributed by atoms with Crippen molar-refractivity contribution in [2.24, 2.45) is 0 Å². The maximum absolute atomic E-state index is 12.0. The molecule has 0 N–H and O–H groups in total. The summed E-state index contributed by atoms with van der Waals surface area (Å²) < 4.78 is 4.89. The third-order valence-electron chi connectivity index (χ3n) is 3.85. The summed E-state index contributed by atoms with van der Waals surface area (Å²) in [5.41, 5.74) is 2.02. The number of anilines is 1. The van der Waals surface area contributed by atoms with Crippen LogP contribution in [0.3, 0.4) is 0 Å². The zero-order chi connectivity index (χ0) is 16.5. The molecule has 1 amide bonds. The quantitative estimate of drug-likeness (QED) is 0.517. The minimum Gasteiger partial charge on any atom is -0.466 e. The van der Waals surface area contributed by atoms with E-state index >= 15 is 0 Å². The lowest BCUT2D eigenvalue weighted by atomic mass is 10.0. The van der Waals surface area contributed by atoms with Gasteiger partial charge >= 0.3 is 5.97 Å². The van der Waals surface area contributed by atoms with Crippen LogP contribution in [0.2, 0.25) is 0 Å². The van der Waals surface area contributed by atoms with Gasteiger partial charge in [-0.2, -0.15) is 5.06 Å². The van der Waals surface area contributed by atoms with Gasteiger partial charge in [0.25, 0.3) is 5.91 Å². The van der Waals surface area contributed by atoms with Crippen molar-refractivity contribution in [3.05, 3.63) is 29.8 Å². The number of rotatable bonds is 9. The van der Waals surface area contributed by atoms with Crippen molar-refractivity contribution < 1.29 is 19.2 Å². The number of fused-ring (bicyclic) bond motifs is 1. The minimum absolute atomic E-state index is 0.0195.